The van der Waals surface area contributed by atoms with Gasteiger partial charge in [0, 0.05) is 22.6 Å². The van der Waals surface area contributed by atoms with E-state index >= 15 is 0 Å². The van der Waals surface area contributed by atoms with Crippen molar-refractivity contribution >= 4 is 17.7 Å². The summed E-state index contributed by atoms with van der Waals surface area (Å²) < 4.78 is 7.26. The molecule has 0 aliphatic rings. The van der Waals surface area contributed by atoms with Gasteiger partial charge in [-0.05, 0) is 49.9 Å². The number of nitrogens with one attached hydrogen (secondary N) is 1. The Morgan fingerprint density at radius 3 is 2.38 bits per heavy atom. The summed E-state index contributed by atoms with van der Waals surface area (Å²) in [6.45, 7) is 4.65. The van der Waals surface area contributed by atoms with Crippen molar-refractivity contribution in [2.45, 2.75) is 31.3 Å². The van der Waals surface area contributed by atoms with Crippen LogP contribution in [0.1, 0.15) is 35.9 Å². The Morgan fingerprint density at radius 2 is 1.74 bits per heavy atom. The van der Waals surface area contributed by atoms with E-state index < -0.39 is 0 Å². The van der Waals surface area contributed by atoms with E-state index in [1.54, 1.807) is 18.9 Å². The number of carbonyl (C=O) groups is 1. The predicted molar refractivity (Wildman–Crippen MR) is 139 cm³/mol. The van der Waals surface area contributed by atoms with E-state index in [4.69, 9.17) is 9.72 Å². The molecule has 1 N–H and O–H groups in total. The molecular formula is C28H29N3O2S. The number of imidazole rings is 1. The van der Waals surface area contributed by atoms with Crippen LogP contribution in [-0.2, 0) is 6.54 Å². The summed E-state index contributed by atoms with van der Waals surface area (Å²) in [5.74, 6) is 1.43. The number of thioether (sulfide) groups is 1. The van der Waals surface area contributed by atoms with Gasteiger partial charge in [0.1, 0.15) is 23.0 Å². The van der Waals surface area contributed by atoms with Crippen molar-refractivity contribution < 1.29 is 9.53 Å². The summed E-state index contributed by atoms with van der Waals surface area (Å²) in [6, 6.07) is 25.8. The molecule has 0 fully saturated rings. The number of amides is 1. The predicted octanol–water partition coefficient (Wildman–Crippen LogP) is 6.46. The summed E-state index contributed by atoms with van der Waals surface area (Å²) in [6.07, 6.45) is 2.04. The number of hydrogen-bond acceptors (Lipinski definition) is 4. The molecule has 4 rings (SSSR count). The highest BCUT2D eigenvalue weighted by Crippen LogP contribution is 2.32. The molecule has 0 unspecified atom stereocenters. The van der Waals surface area contributed by atoms with Crippen molar-refractivity contribution in [2.75, 3.05) is 13.4 Å². The van der Waals surface area contributed by atoms with Gasteiger partial charge in [0.25, 0.3) is 5.91 Å². The number of rotatable bonds is 8. The Kier molecular flexibility index (Phi) is 7.38. The Bertz CT molecular complexity index is 1270. The van der Waals surface area contributed by atoms with Crippen LogP contribution in [-0.4, -0.2) is 28.8 Å². The fourth-order valence-corrected chi connectivity index (χ4v) is 4.47. The minimum absolute atomic E-state index is 0.149. The topological polar surface area (TPSA) is 56.2 Å². The second-order valence-corrected chi connectivity index (χ2v) is 8.82. The number of carbonyl (C=O) groups excluding carboxylic acids is 1. The fraction of sp³-hybridized carbons (Fsp3) is 0.214. The standard InChI is InChI=1S/C28H29N3O2S/c1-5-31-26(28(32)29-19(2)20-14-16-23(33-3)17-15-20)25(22-12-9-13-24(18-22)34-4)30-27(31)21-10-7-6-8-11-21/h6-19H,5H2,1-4H3,(H,29,32)/t19-/m0/s1. The van der Waals surface area contributed by atoms with Crippen LogP contribution in [0.5, 0.6) is 5.75 Å². The van der Waals surface area contributed by atoms with Crippen molar-refractivity contribution in [1.82, 2.24) is 14.9 Å². The zero-order valence-corrected chi connectivity index (χ0v) is 20.7. The Morgan fingerprint density at radius 1 is 1.03 bits per heavy atom. The third kappa shape index (κ3) is 4.87. The van der Waals surface area contributed by atoms with Crippen molar-refractivity contribution in [3.63, 3.8) is 0 Å². The summed E-state index contributed by atoms with van der Waals surface area (Å²) in [5.41, 5.74) is 4.18. The van der Waals surface area contributed by atoms with Gasteiger partial charge in [-0.15, -0.1) is 11.8 Å². The lowest BCUT2D eigenvalue weighted by atomic mass is 10.1. The fourth-order valence-electron chi connectivity index (χ4n) is 4.01. The van der Waals surface area contributed by atoms with Crippen molar-refractivity contribution in [3.05, 3.63) is 90.1 Å². The molecule has 1 heterocycles. The highest BCUT2D eigenvalue weighted by molar-refractivity contribution is 7.98. The third-order valence-electron chi connectivity index (χ3n) is 5.84. The molecule has 1 amide bonds. The van der Waals surface area contributed by atoms with E-state index in [0.717, 1.165) is 33.2 Å². The van der Waals surface area contributed by atoms with Crippen molar-refractivity contribution in [2.24, 2.45) is 0 Å². The van der Waals surface area contributed by atoms with Gasteiger partial charge in [-0.2, -0.15) is 0 Å². The first-order valence-electron chi connectivity index (χ1n) is 11.3. The number of hydrogen-bond donors (Lipinski definition) is 1. The lowest BCUT2D eigenvalue weighted by Gasteiger charge is -2.17. The number of benzene rings is 3. The first kappa shape index (κ1) is 23.6. The average Bonchev–Trinajstić information content (AvgIpc) is 3.29. The number of nitrogens with zero attached hydrogens (tertiary/aromatic N) is 2. The van der Waals surface area contributed by atoms with Crippen LogP contribution in [0.3, 0.4) is 0 Å². The molecule has 4 aromatic rings. The van der Waals surface area contributed by atoms with Gasteiger partial charge in [0.05, 0.1) is 13.2 Å². The molecule has 1 atom stereocenters. The van der Waals surface area contributed by atoms with Gasteiger partial charge >= 0.3 is 0 Å². The second-order valence-electron chi connectivity index (χ2n) is 7.94. The van der Waals surface area contributed by atoms with Crippen LogP contribution in [0.4, 0.5) is 0 Å². The first-order chi connectivity index (χ1) is 16.5. The maximum Gasteiger partial charge on any atom is 0.270 e. The van der Waals surface area contributed by atoms with E-state index in [1.165, 1.54) is 0 Å². The largest absolute Gasteiger partial charge is 0.497 e. The van der Waals surface area contributed by atoms with Crippen LogP contribution >= 0.6 is 11.8 Å². The van der Waals surface area contributed by atoms with E-state index in [1.807, 2.05) is 91.4 Å². The Hall–Kier alpha value is -3.51. The third-order valence-corrected chi connectivity index (χ3v) is 6.56. The average molecular weight is 472 g/mol. The van der Waals surface area contributed by atoms with Crippen molar-refractivity contribution in [1.29, 1.82) is 0 Å². The first-order valence-corrected chi connectivity index (χ1v) is 12.5. The smallest absolute Gasteiger partial charge is 0.270 e. The summed E-state index contributed by atoms with van der Waals surface area (Å²) in [5, 5.41) is 3.18. The Balaban J connectivity index is 1.78. The van der Waals surface area contributed by atoms with Gasteiger partial charge in [-0.1, -0.05) is 54.6 Å². The quantitative estimate of drug-likeness (QED) is 0.300. The van der Waals surface area contributed by atoms with E-state index in [-0.39, 0.29) is 11.9 Å². The molecule has 0 aliphatic heterocycles. The molecule has 0 bridgehead atoms. The van der Waals surface area contributed by atoms with E-state index in [0.29, 0.717) is 17.9 Å². The van der Waals surface area contributed by atoms with Crippen LogP contribution in [0, 0.1) is 0 Å². The van der Waals surface area contributed by atoms with Crippen LogP contribution in [0.15, 0.2) is 83.8 Å². The van der Waals surface area contributed by atoms with Gasteiger partial charge in [-0.25, -0.2) is 4.98 Å². The minimum Gasteiger partial charge on any atom is -0.497 e. The molecule has 0 spiro atoms. The number of aromatic nitrogens is 2. The summed E-state index contributed by atoms with van der Waals surface area (Å²) >= 11 is 1.67. The lowest BCUT2D eigenvalue weighted by molar-refractivity contribution is 0.0931. The van der Waals surface area contributed by atoms with Crippen LogP contribution < -0.4 is 10.1 Å². The van der Waals surface area contributed by atoms with Crippen LogP contribution in [0.25, 0.3) is 22.6 Å². The highest BCUT2D eigenvalue weighted by atomic mass is 32.2. The van der Waals surface area contributed by atoms with E-state index in [2.05, 4.69) is 17.4 Å². The van der Waals surface area contributed by atoms with Gasteiger partial charge in [0.15, 0.2) is 0 Å². The van der Waals surface area contributed by atoms with Crippen molar-refractivity contribution in [3.8, 4) is 28.4 Å². The summed E-state index contributed by atoms with van der Waals surface area (Å²) in [4.78, 5) is 19.8. The van der Waals surface area contributed by atoms with Crippen LogP contribution in [0.2, 0.25) is 0 Å². The maximum atomic E-state index is 13.7. The minimum atomic E-state index is -0.177. The molecule has 174 valence electrons. The number of ether oxygens (including phenoxy) is 1. The number of methoxy groups -OCH3 is 1. The monoisotopic (exact) mass is 471 g/mol. The molecular weight excluding hydrogens is 442 g/mol. The van der Waals surface area contributed by atoms with Gasteiger partial charge in [-0.3, -0.25) is 4.79 Å². The zero-order chi connectivity index (χ0) is 24.1. The van der Waals surface area contributed by atoms with E-state index in [9.17, 15) is 4.79 Å². The molecule has 6 heteroatoms. The van der Waals surface area contributed by atoms with Gasteiger partial charge in [0.2, 0.25) is 0 Å². The Labute approximate surface area is 205 Å². The SMILES string of the molecule is CCn1c(-c2ccccc2)nc(-c2cccc(SC)c2)c1C(=O)N[C@@H](C)c1ccc(OC)cc1. The lowest BCUT2D eigenvalue weighted by Crippen LogP contribution is -2.29. The molecule has 0 aliphatic carbocycles. The molecule has 0 saturated heterocycles. The summed E-state index contributed by atoms with van der Waals surface area (Å²) in [7, 11) is 1.64. The molecule has 5 nitrogen and oxygen atoms in total. The van der Waals surface area contributed by atoms with Gasteiger partial charge < -0.3 is 14.6 Å². The normalized spacial score (nSPS) is 11.8. The highest BCUT2D eigenvalue weighted by Gasteiger charge is 2.25. The molecule has 1 aromatic heterocycles. The molecule has 0 saturated carbocycles. The molecule has 34 heavy (non-hydrogen) atoms. The molecule has 3 aromatic carbocycles. The maximum absolute atomic E-state index is 13.7. The zero-order valence-electron chi connectivity index (χ0n) is 19.9. The molecule has 0 radical (unpaired) electrons. The second kappa shape index (κ2) is 10.6.